The average molecular weight is 535 g/mol. The fourth-order valence-electron chi connectivity index (χ4n) is 5.74. The van der Waals surface area contributed by atoms with Gasteiger partial charge in [-0.3, -0.25) is 4.79 Å². The zero-order valence-electron chi connectivity index (χ0n) is 21.3. The number of carbonyl (C=O) groups excluding carboxylic acids is 2. The van der Waals surface area contributed by atoms with Crippen LogP contribution in [0.1, 0.15) is 39.0 Å². The van der Waals surface area contributed by atoms with Crippen LogP contribution in [0.25, 0.3) is 0 Å². The van der Waals surface area contributed by atoms with Crippen LogP contribution in [0.5, 0.6) is 0 Å². The zero-order valence-corrected chi connectivity index (χ0v) is 21.3. The van der Waals surface area contributed by atoms with Crippen LogP contribution in [0, 0.1) is 24.5 Å². The van der Waals surface area contributed by atoms with E-state index in [1.165, 1.54) is 58.3 Å². The number of carboxylic acids is 1. The third kappa shape index (κ3) is 5.14. The predicted octanol–water partition coefficient (Wildman–Crippen LogP) is 4.82. The molecule has 2 aliphatic rings. The first kappa shape index (κ1) is 26.5. The first-order valence-corrected chi connectivity index (χ1v) is 12.8. The molecule has 0 radical (unpaired) electrons. The van der Waals surface area contributed by atoms with Crippen molar-refractivity contribution in [3.63, 3.8) is 0 Å². The number of aryl methyl sites for hydroxylation is 1. The van der Waals surface area contributed by atoms with Gasteiger partial charge in [0.25, 0.3) is 0 Å². The van der Waals surface area contributed by atoms with Crippen molar-refractivity contribution in [2.75, 3.05) is 26.3 Å². The number of hydrogen-bond acceptors (Lipinski definition) is 4. The Bertz CT molecular complexity index is 1370. The minimum atomic E-state index is -1.44. The second kappa shape index (κ2) is 10.9. The molecule has 2 fully saturated rings. The van der Waals surface area contributed by atoms with Gasteiger partial charge >= 0.3 is 12.0 Å². The number of rotatable bonds is 5. The highest BCUT2D eigenvalue weighted by molar-refractivity contribution is 6.01. The number of urea groups is 1. The topological polar surface area (TPSA) is 87.2 Å². The molecular weight excluding hydrogens is 506 g/mol. The summed E-state index contributed by atoms with van der Waals surface area (Å²) in [6.07, 6.45) is 0. The minimum absolute atomic E-state index is 0.259. The lowest BCUT2D eigenvalue weighted by Gasteiger charge is -2.36. The van der Waals surface area contributed by atoms with Crippen molar-refractivity contribution in [1.82, 2.24) is 9.80 Å². The smallest absolute Gasteiger partial charge is 0.327 e. The normalized spacial score (nSPS) is 23.1. The molecule has 3 aromatic rings. The van der Waals surface area contributed by atoms with Crippen LogP contribution in [-0.2, 0) is 9.53 Å². The summed E-state index contributed by atoms with van der Waals surface area (Å²) in [5, 5.41) is 10.6. The van der Waals surface area contributed by atoms with Crippen molar-refractivity contribution in [1.29, 1.82) is 0 Å². The molecule has 2 aliphatic heterocycles. The molecule has 4 atom stereocenters. The van der Waals surface area contributed by atoms with Crippen molar-refractivity contribution < 1.29 is 33.0 Å². The van der Waals surface area contributed by atoms with Crippen molar-refractivity contribution in [3.05, 3.63) is 107 Å². The van der Waals surface area contributed by atoms with Crippen LogP contribution in [0.2, 0.25) is 0 Å². The molecule has 202 valence electrons. The molecule has 4 unspecified atom stereocenters. The Morgan fingerprint density at radius 1 is 0.872 bits per heavy atom. The Kier molecular flexibility index (Phi) is 7.43. The number of hydrogen-bond donors (Lipinski definition) is 1. The van der Waals surface area contributed by atoms with Crippen LogP contribution >= 0.6 is 0 Å². The summed E-state index contributed by atoms with van der Waals surface area (Å²) in [6, 6.07) is 14.7. The van der Waals surface area contributed by atoms with Crippen molar-refractivity contribution in [2.45, 2.75) is 24.9 Å². The fourth-order valence-corrected chi connectivity index (χ4v) is 5.74. The standard InChI is InChI=1S/C30H28F2N2O5/c1-18-3-2-4-21(17-18)28(35)25-24(19-5-9-22(31)10-6-19)27(29(36)37)34(30(38)33-13-15-39-16-14-33)26(25)20-7-11-23(32)12-8-20/h2-12,17,24-27H,13-16H2,1H3,(H,36,37). The summed E-state index contributed by atoms with van der Waals surface area (Å²) in [5.41, 5.74) is 2.05. The van der Waals surface area contributed by atoms with E-state index in [1.807, 2.05) is 13.0 Å². The number of Topliss-reactive ketones (excluding diaryl/α,β-unsaturated/α-hetero) is 1. The van der Waals surface area contributed by atoms with E-state index < -0.39 is 47.6 Å². The molecule has 0 aromatic heterocycles. The van der Waals surface area contributed by atoms with Gasteiger partial charge < -0.3 is 19.6 Å². The molecule has 2 amide bonds. The van der Waals surface area contributed by atoms with E-state index in [0.717, 1.165) is 5.56 Å². The molecular formula is C30H28F2N2O5. The Balaban J connectivity index is 1.73. The van der Waals surface area contributed by atoms with Gasteiger partial charge in [-0.25, -0.2) is 18.4 Å². The van der Waals surface area contributed by atoms with Gasteiger partial charge in [0.15, 0.2) is 5.78 Å². The van der Waals surface area contributed by atoms with Gasteiger partial charge in [-0.2, -0.15) is 0 Å². The number of carbonyl (C=O) groups is 3. The number of ether oxygens (including phenoxy) is 1. The summed E-state index contributed by atoms with van der Waals surface area (Å²) in [5.74, 6) is -4.72. The van der Waals surface area contributed by atoms with Crippen LogP contribution < -0.4 is 0 Å². The van der Waals surface area contributed by atoms with Crippen LogP contribution in [0.4, 0.5) is 13.6 Å². The molecule has 3 aromatic carbocycles. The molecule has 9 heteroatoms. The van der Waals surface area contributed by atoms with E-state index in [2.05, 4.69) is 0 Å². The van der Waals surface area contributed by atoms with Gasteiger partial charge in [0.1, 0.15) is 17.7 Å². The largest absolute Gasteiger partial charge is 0.480 e. The molecule has 0 bridgehead atoms. The summed E-state index contributed by atoms with van der Waals surface area (Å²) < 4.78 is 33.3. The lowest BCUT2D eigenvalue weighted by Crippen LogP contribution is -2.52. The highest BCUT2D eigenvalue weighted by Gasteiger charge is 2.58. The van der Waals surface area contributed by atoms with E-state index in [0.29, 0.717) is 29.9 Å². The molecule has 0 spiro atoms. The Hall–Kier alpha value is -4.11. The Morgan fingerprint density at radius 3 is 2.03 bits per heavy atom. The fraction of sp³-hybridized carbons (Fsp3) is 0.300. The molecule has 0 aliphatic carbocycles. The SMILES string of the molecule is Cc1cccc(C(=O)C2C(c3ccc(F)cc3)C(C(=O)O)N(C(=O)N3CCOCC3)C2c2ccc(F)cc2)c1. The lowest BCUT2D eigenvalue weighted by atomic mass is 9.76. The van der Waals surface area contributed by atoms with E-state index in [1.54, 1.807) is 18.2 Å². The summed E-state index contributed by atoms with van der Waals surface area (Å²) >= 11 is 0. The van der Waals surface area contributed by atoms with Gasteiger partial charge in [-0.15, -0.1) is 0 Å². The number of ketones is 1. The summed E-state index contributed by atoms with van der Waals surface area (Å²) in [7, 11) is 0. The number of aliphatic carboxylic acids is 1. The van der Waals surface area contributed by atoms with Gasteiger partial charge in [0, 0.05) is 24.6 Å². The zero-order chi connectivity index (χ0) is 27.7. The Labute approximate surface area is 224 Å². The van der Waals surface area contributed by atoms with E-state index >= 15 is 0 Å². The molecule has 2 heterocycles. The minimum Gasteiger partial charge on any atom is -0.480 e. The molecule has 7 nitrogen and oxygen atoms in total. The van der Waals surface area contributed by atoms with Crippen LogP contribution in [0.15, 0.2) is 72.8 Å². The Morgan fingerprint density at radius 2 is 1.46 bits per heavy atom. The number of nitrogens with zero attached hydrogens (tertiary/aromatic N) is 2. The van der Waals surface area contributed by atoms with E-state index in [9.17, 15) is 28.3 Å². The third-order valence-corrected chi connectivity index (χ3v) is 7.49. The van der Waals surface area contributed by atoms with Gasteiger partial charge in [0.05, 0.1) is 25.2 Å². The van der Waals surface area contributed by atoms with Gasteiger partial charge in [-0.1, -0.05) is 48.0 Å². The highest BCUT2D eigenvalue weighted by Crippen LogP contribution is 2.51. The third-order valence-electron chi connectivity index (χ3n) is 7.49. The molecule has 5 rings (SSSR count). The number of halogens is 2. The van der Waals surface area contributed by atoms with Crippen molar-refractivity contribution in [3.8, 4) is 0 Å². The summed E-state index contributed by atoms with van der Waals surface area (Å²) in [4.78, 5) is 44.1. The monoisotopic (exact) mass is 534 g/mol. The molecule has 1 N–H and O–H groups in total. The lowest BCUT2D eigenvalue weighted by molar-refractivity contribution is -0.142. The first-order valence-electron chi connectivity index (χ1n) is 12.8. The maximum absolute atomic E-state index is 14.3. The maximum atomic E-state index is 14.3. The van der Waals surface area contributed by atoms with Crippen molar-refractivity contribution in [2.24, 2.45) is 5.92 Å². The summed E-state index contributed by atoms with van der Waals surface area (Å²) in [6.45, 7) is 2.96. The highest BCUT2D eigenvalue weighted by atomic mass is 19.1. The number of morpholine rings is 1. The van der Waals surface area contributed by atoms with Gasteiger partial charge in [-0.05, 0) is 48.4 Å². The number of carboxylic acid groups (broad SMARTS) is 1. The molecule has 39 heavy (non-hydrogen) atoms. The second-order valence-electron chi connectivity index (χ2n) is 9.91. The van der Waals surface area contributed by atoms with Crippen LogP contribution in [0.3, 0.4) is 0 Å². The first-order chi connectivity index (χ1) is 18.8. The van der Waals surface area contributed by atoms with Crippen LogP contribution in [-0.4, -0.2) is 65.0 Å². The van der Waals surface area contributed by atoms with E-state index in [-0.39, 0.29) is 18.9 Å². The molecule has 0 saturated carbocycles. The number of likely N-dealkylation sites (tertiary alicyclic amines) is 1. The van der Waals surface area contributed by atoms with Gasteiger partial charge in [0.2, 0.25) is 0 Å². The maximum Gasteiger partial charge on any atom is 0.327 e. The van der Waals surface area contributed by atoms with E-state index in [4.69, 9.17) is 4.74 Å². The second-order valence-corrected chi connectivity index (χ2v) is 9.91. The quantitative estimate of drug-likeness (QED) is 0.475. The predicted molar refractivity (Wildman–Crippen MR) is 138 cm³/mol. The number of amides is 2. The average Bonchev–Trinajstić information content (AvgIpc) is 3.30. The number of benzene rings is 3. The molecule has 2 saturated heterocycles. The van der Waals surface area contributed by atoms with Crippen molar-refractivity contribution >= 4 is 17.8 Å².